The van der Waals surface area contributed by atoms with Crippen molar-refractivity contribution in [2.45, 2.75) is 39.3 Å². The number of tetrazole rings is 1. The molecule has 0 aliphatic carbocycles. The number of aryl methyl sites for hydroxylation is 1. The van der Waals surface area contributed by atoms with Gasteiger partial charge in [0.15, 0.2) is 6.73 Å². The maximum absolute atomic E-state index is 5.71. The first kappa shape index (κ1) is 18.5. The third-order valence-electron chi connectivity index (χ3n) is 4.19. The highest BCUT2D eigenvalue weighted by Crippen LogP contribution is 2.29. The summed E-state index contributed by atoms with van der Waals surface area (Å²) in [6.45, 7) is 10.2. The van der Waals surface area contributed by atoms with Crippen LogP contribution in [0.1, 0.15) is 5.56 Å². The first-order valence-corrected chi connectivity index (χ1v) is 12.7. The van der Waals surface area contributed by atoms with Crippen molar-refractivity contribution in [1.82, 2.24) is 20.2 Å². The maximum atomic E-state index is 5.71. The van der Waals surface area contributed by atoms with E-state index < -0.39 is 8.07 Å². The van der Waals surface area contributed by atoms with E-state index in [0.717, 1.165) is 29.3 Å². The van der Waals surface area contributed by atoms with E-state index in [-0.39, 0.29) is 0 Å². The fraction of sp³-hybridized carbons (Fsp3) is 0.350. The van der Waals surface area contributed by atoms with Crippen molar-refractivity contribution in [2.24, 2.45) is 0 Å². The molecular formula is C20H26N4OSi. The van der Waals surface area contributed by atoms with Crippen molar-refractivity contribution >= 4 is 8.07 Å². The van der Waals surface area contributed by atoms with Crippen LogP contribution in [0.25, 0.3) is 22.5 Å². The summed E-state index contributed by atoms with van der Waals surface area (Å²) in [5.74, 6) is 0.620. The van der Waals surface area contributed by atoms with Crippen LogP contribution < -0.4 is 0 Å². The zero-order chi connectivity index (χ0) is 18.6. The summed E-state index contributed by atoms with van der Waals surface area (Å²) in [6, 6.07) is 17.8. The number of ether oxygens (including phenoxy) is 1. The van der Waals surface area contributed by atoms with Crippen molar-refractivity contribution in [3.05, 3.63) is 54.1 Å². The van der Waals surface area contributed by atoms with Crippen molar-refractivity contribution in [3.8, 4) is 22.5 Å². The molecule has 0 spiro atoms. The summed E-state index contributed by atoms with van der Waals surface area (Å²) in [7, 11) is -1.08. The molecule has 0 saturated carbocycles. The molecule has 0 amide bonds. The van der Waals surface area contributed by atoms with Crippen molar-refractivity contribution in [2.75, 3.05) is 6.61 Å². The van der Waals surface area contributed by atoms with Crippen LogP contribution in [0.4, 0.5) is 0 Å². The minimum absolute atomic E-state index is 0.337. The van der Waals surface area contributed by atoms with E-state index in [1.165, 1.54) is 10.4 Å². The molecule has 0 atom stereocenters. The van der Waals surface area contributed by atoms with E-state index in [4.69, 9.17) is 4.74 Å². The van der Waals surface area contributed by atoms with Gasteiger partial charge in [0, 0.05) is 20.2 Å². The van der Waals surface area contributed by atoms with Gasteiger partial charge in [-0.3, -0.25) is 0 Å². The Kier molecular flexibility index (Phi) is 5.63. The minimum Gasteiger partial charge on any atom is -0.358 e. The van der Waals surface area contributed by atoms with Crippen LogP contribution in [-0.2, 0) is 11.5 Å². The predicted octanol–water partition coefficient (Wildman–Crippen LogP) is 4.63. The predicted molar refractivity (Wildman–Crippen MR) is 108 cm³/mol. The molecule has 0 aliphatic rings. The minimum atomic E-state index is -1.08. The van der Waals surface area contributed by atoms with E-state index >= 15 is 0 Å². The molecule has 3 rings (SSSR count). The van der Waals surface area contributed by atoms with Crippen LogP contribution in [0.15, 0.2) is 48.5 Å². The van der Waals surface area contributed by atoms with Crippen LogP contribution in [0.5, 0.6) is 0 Å². The molecule has 6 heteroatoms. The van der Waals surface area contributed by atoms with Crippen LogP contribution >= 0.6 is 0 Å². The largest absolute Gasteiger partial charge is 0.358 e. The Hall–Kier alpha value is -2.31. The first-order valence-electron chi connectivity index (χ1n) is 8.94. The number of hydrogen-bond donors (Lipinski definition) is 0. The van der Waals surface area contributed by atoms with Gasteiger partial charge in [-0.25, -0.2) is 0 Å². The van der Waals surface area contributed by atoms with Crippen LogP contribution in [0.3, 0.4) is 0 Å². The second-order valence-electron chi connectivity index (χ2n) is 7.74. The Bertz CT molecular complexity index is 853. The SMILES string of the molecule is Cc1ccc(-c2ccccc2-c2nnn(COCC[Si](C)(C)C)n2)cc1. The fourth-order valence-electron chi connectivity index (χ4n) is 2.59. The van der Waals surface area contributed by atoms with E-state index in [0.29, 0.717) is 12.6 Å². The van der Waals surface area contributed by atoms with Gasteiger partial charge < -0.3 is 4.74 Å². The summed E-state index contributed by atoms with van der Waals surface area (Å²) < 4.78 is 5.71. The number of hydrogen-bond acceptors (Lipinski definition) is 4. The molecule has 0 saturated heterocycles. The average Bonchev–Trinajstić information content (AvgIpc) is 3.07. The number of aromatic nitrogens is 4. The maximum Gasteiger partial charge on any atom is 0.205 e. The van der Waals surface area contributed by atoms with E-state index in [1.54, 1.807) is 0 Å². The molecule has 26 heavy (non-hydrogen) atoms. The summed E-state index contributed by atoms with van der Waals surface area (Å²) in [6.07, 6.45) is 0. The van der Waals surface area contributed by atoms with Crippen molar-refractivity contribution in [3.63, 3.8) is 0 Å². The highest BCUT2D eigenvalue weighted by atomic mass is 28.3. The highest BCUT2D eigenvalue weighted by molar-refractivity contribution is 6.76. The summed E-state index contributed by atoms with van der Waals surface area (Å²) in [5.41, 5.74) is 4.47. The van der Waals surface area contributed by atoms with Crippen LogP contribution in [0.2, 0.25) is 25.7 Å². The van der Waals surface area contributed by atoms with Gasteiger partial charge >= 0.3 is 0 Å². The number of benzene rings is 2. The van der Waals surface area contributed by atoms with Crippen LogP contribution in [-0.4, -0.2) is 34.9 Å². The molecule has 0 aliphatic heterocycles. The summed E-state index contributed by atoms with van der Waals surface area (Å²) in [4.78, 5) is 1.52. The molecule has 0 fully saturated rings. The molecule has 0 bridgehead atoms. The Balaban J connectivity index is 1.74. The van der Waals surface area contributed by atoms with E-state index in [1.807, 2.05) is 18.2 Å². The van der Waals surface area contributed by atoms with Gasteiger partial charge in [-0.1, -0.05) is 73.7 Å². The zero-order valence-electron chi connectivity index (χ0n) is 15.9. The average molecular weight is 367 g/mol. The van der Waals surface area contributed by atoms with Crippen molar-refractivity contribution in [1.29, 1.82) is 0 Å². The molecule has 5 nitrogen and oxygen atoms in total. The second kappa shape index (κ2) is 7.93. The summed E-state index contributed by atoms with van der Waals surface area (Å²) in [5, 5.41) is 12.9. The summed E-state index contributed by atoms with van der Waals surface area (Å²) >= 11 is 0. The standard InChI is InChI=1S/C20H26N4OSi/c1-16-9-11-17(12-10-16)18-7-5-6-8-19(18)20-21-23-24(22-20)15-25-13-14-26(2,3)4/h5-12H,13-15H2,1-4H3. The lowest BCUT2D eigenvalue weighted by Crippen LogP contribution is -2.22. The second-order valence-corrected chi connectivity index (χ2v) is 13.4. The molecule has 3 aromatic rings. The molecule has 136 valence electrons. The Morgan fingerprint density at radius 2 is 1.65 bits per heavy atom. The van der Waals surface area contributed by atoms with Gasteiger partial charge in [-0.2, -0.15) is 0 Å². The number of nitrogens with zero attached hydrogens (tertiary/aromatic N) is 4. The molecule has 1 heterocycles. The van der Waals surface area contributed by atoms with Crippen LogP contribution in [0, 0.1) is 6.92 Å². The Labute approximate surface area is 156 Å². The molecular weight excluding hydrogens is 340 g/mol. The third-order valence-corrected chi connectivity index (χ3v) is 5.89. The van der Waals surface area contributed by atoms with Gasteiger partial charge in [0.2, 0.25) is 5.82 Å². The third kappa shape index (κ3) is 4.86. The van der Waals surface area contributed by atoms with E-state index in [2.05, 4.69) is 72.3 Å². The van der Waals surface area contributed by atoms with Gasteiger partial charge in [-0.05, 0) is 29.3 Å². The smallest absolute Gasteiger partial charge is 0.205 e. The van der Waals surface area contributed by atoms with Gasteiger partial charge in [0.25, 0.3) is 0 Å². The van der Waals surface area contributed by atoms with Gasteiger partial charge in [0.1, 0.15) is 0 Å². The zero-order valence-corrected chi connectivity index (χ0v) is 16.9. The van der Waals surface area contributed by atoms with E-state index in [9.17, 15) is 0 Å². The monoisotopic (exact) mass is 366 g/mol. The normalized spacial score (nSPS) is 11.7. The molecule has 0 unspecified atom stereocenters. The highest BCUT2D eigenvalue weighted by Gasteiger charge is 2.14. The molecule has 1 aromatic heterocycles. The Morgan fingerprint density at radius 1 is 0.962 bits per heavy atom. The molecule has 0 radical (unpaired) electrons. The Morgan fingerprint density at radius 3 is 2.35 bits per heavy atom. The first-order chi connectivity index (χ1) is 12.4. The molecule has 2 aromatic carbocycles. The number of rotatable bonds is 7. The lowest BCUT2D eigenvalue weighted by atomic mass is 9.98. The lowest BCUT2D eigenvalue weighted by Gasteiger charge is -2.14. The lowest BCUT2D eigenvalue weighted by molar-refractivity contribution is 0.0674. The topological polar surface area (TPSA) is 52.8 Å². The van der Waals surface area contributed by atoms with Gasteiger partial charge in [-0.15, -0.1) is 15.0 Å². The van der Waals surface area contributed by atoms with Gasteiger partial charge in [0.05, 0.1) is 0 Å². The fourth-order valence-corrected chi connectivity index (χ4v) is 3.35. The van der Waals surface area contributed by atoms with Crippen molar-refractivity contribution < 1.29 is 4.74 Å². The molecule has 0 N–H and O–H groups in total. The quantitative estimate of drug-likeness (QED) is 0.452.